The van der Waals surface area contributed by atoms with Crippen LogP contribution in [0.15, 0.2) is 65.1 Å². The molecule has 0 saturated heterocycles. The predicted octanol–water partition coefficient (Wildman–Crippen LogP) is 6.81. The number of thiophene rings is 1. The smallest absolute Gasteiger partial charge is 0.257 e. The van der Waals surface area contributed by atoms with Crippen LogP contribution in [0.4, 0.5) is 5.00 Å². The molecule has 5 aromatic rings. The molecule has 0 spiro atoms. The van der Waals surface area contributed by atoms with Gasteiger partial charge in [-0.15, -0.1) is 11.3 Å². The molecule has 180 valence electrons. The van der Waals surface area contributed by atoms with Crippen LogP contribution in [-0.4, -0.2) is 16.8 Å². The molecule has 2 amide bonds. The standard InChI is InChI=1S/C29H25N3O3S/c1-15-9-11-19(13-16(15)2)25-18(4)36-29(26(25)27(30)33)32-28(34)21-14-23(24-12-10-17(3)35-24)31-22-8-6-5-7-20(21)22/h5-14H,1-4H3,(H2,30,33)(H,32,34). The van der Waals surface area contributed by atoms with Crippen molar-refractivity contribution in [1.29, 1.82) is 0 Å². The second-order valence-corrected chi connectivity index (χ2v) is 10.1. The maximum Gasteiger partial charge on any atom is 0.257 e. The summed E-state index contributed by atoms with van der Waals surface area (Å²) in [4.78, 5) is 31.8. The number of nitrogens with two attached hydrogens (primary N) is 1. The van der Waals surface area contributed by atoms with Crippen LogP contribution >= 0.6 is 11.3 Å². The summed E-state index contributed by atoms with van der Waals surface area (Å²) in [5.74, 6) is 0.391. The molecule has 2 aromatic carbocycles. The van der Waals surface area contributed by atoms with Gasteiger partial charge in [-0.1, -0.05) is 36.4 Å². The minimum Gasteiger partial charge on any atom is -0.460 e. The number of hydrogen-bond acceptors (Lipinski definition) is 5. The number of carbonyl (C=O) groups excluding carboxylic acids is 2. The molecule has 0 aliphatic carbocycles. The number of pyridine rings is 1. The van der Waals surface area contributed by atoms with E-state index in [1.54, 1.807) is 6.07 Å². The number of fused-ring (bicyclic) bond motifs is 1. The highest BCUT2D eigenvalue weighted by molar-refractivity contribution is 7.17. The number of para-hydroxylation sites is 1. The molecule has 3 heterocycles. The minimum atomic E-state index is -0.589. The lowest BCUT2D eigenvalue weighted by Gasteiger charge is -2.11. The molecule has 36 heavy (non-hydrogen) atoms. The van der Waals surface area contributed by atoms with Crippen LogP contribution in [0.1, 0.15) is 42.5 Å². The molecule has 5 rings (SSSR count). The fraction of sp³-hybridized carbons (Fsp3) is 0.138. The summed E-state index contributed by atoms with van der Waals surface area (Å²) < 4.78 is 5.75. The SMILES string of the molecule is Cc1ccc(-c2cc(C(=O)Nc3sc(C)c(-c4ccc(C)c(C)c4)c3C(N)=O)c3ccccc3n2)o1. The maximum atomic E-state index is 13.6. The first-order chi connectivity index (χ1) is 17.2. The highest BCUT2D eigenvalue weighted by Crippen LogP contribution is 2.40. The normalized spacial score (nSPS) is 11.1. The number of hydrogen-bond donors (Lipinski definition) is 2. The minimum absolute atomic E-state index is 0.314. The molecule has 0 saturated carbocycles. The fourth-order valence-corrected chi connectivity index (χ4v) is 5.42. The number of benzene rings is 2. The zero-order valence-corrected chi connectivity index (χ0v) is 21.2. The largest absolute Gasteiger partial charge is 0.460 e. The summed E-state index contributed by atoms with van der Waals surface area (Å²) in [6, 6.07) is 18.9. The summed E-state index contributed by atoms with van der Waals surface area (Å²) in [5, 5.41) is 4.09. The van der Waals surface area contributed by atoms with Crippen molar-refractivity contribution in [3.63, 3.8) is 0 Å². The van der Waals surface area contributed by atoms with Gasteiger partial charge in [-0.25, -0.2) is 4.98 Å². The van der Waals surface area contributed by atoms with E-state index in [0.29, 0.717) is 38.5 Å². The van der Waals surface area contributed by atoms with Crippen LogP contribution in [0.25, 0.3) is 33.5 Å². The van der Waals surface area contributed by atoms with Crippen molar-refractivity contribution >= 4 is 39.1 Å². The average molecular weight is 496 g/mol. The van der Waals surface area contributed by atoms with Gasteiger partial charge in [0, 0.05) is 15.8 Å². The highest BCUT2D eigenvalue weighted by atomic mass is 32.1. The number of aromatic nitrogens is 1. The van der Waals surface area contributed by atoms with E-state index in [9.17, 15) is 9.59 Å². The van der Waals surface area contributed by atoms with Gasteiger partial charge >= 0.3 is 0 Å². The zero-order valence-electron chi connectivity index (χ0n) is 20.4. The second-order valence-electron chi connectivity index (χ2n) is 8.84. The molecule has 3 aromatic heterocycles. The lowest BCUT2D eigenvalue weighted by atomic mass is 9.97. The van der Waals surface area contributed by atoms with Crippen molar-refractivity contribution in [3.8, 4) is 22.6 Å². The molecule has 3 N–H and O–H groups in total. The first-order valence-corrected chi connectivity index (χ1v) is 12.3. The van der Waals surface area contributed by atoms with Gasteiger partial charge in [-0.05, 0) is 68.7 Å². The number of carbonyl (C=O) groups is 2. The average Bonchev–Trinajstić information content (AvgIpc) is 3.42. The Morgan fingerprint density at radius 2 is 1.72 bits per heavy atom. The van der Waals surface area contributed by atoms with E-state index >= 15 is 0 Å². The van der Waals surface area contributed by atoms with Gasteiger partial charge in [0.25, 0.3) is 11.8 Å². The molecule has 7 heteroatoms. The Morgan fingerprint density at radius 3 is 2.42 bits per heavy atom. The number of furan rings is 1. The number of nitrogens with one attached hydrogen (secondary N) is 1. The Bertz CT molecular complexity index is 1660. The third-order valence-corrected chi connectivity index (χ3v) is 7.33. The quantitative estimate of drug-likeness (QED) is 0.280. The molecule has 0 aliphatic heterocycles. The van der Waals surface area contributed by atoms with Crippen molar-refractivity contribution in [2.24, 2.45) is 5.73 Å². The highest BCUT2D eigenvalue weighted by Gasteiger charge is 2.24. The second kappa shape index (κ2) is 9.09. The van der Waals surface area contributed by atoms with Gasteiger partial charge in [0.15, 0.2) is 5.76 Å². The van der Waals surface area contributed by atoms with Gasteiger partial charge in [0.2, 0.25) is 0 Å². The van der Waals surface area contributed by atoms with Crippen molar-refractivity contribution in [1.82, 2.24) is 4.98 Å². The number of nitrogens with zero attached hydrogens (tertiary/aromatic N) is 1. The van der Waals surface area contributed by atoms with E-state index in [1.165, 1.54) is 11.3 Å². The number of anilines is 1. The van der Waals surface area contributed by atoms with Crippen LogP contribution in [0.2, 0.25) is 0 Å². The maximum absolute atomic E-state index is 13.6. The van der Waals surface area contributed by atoms with Gasteiger partial charge in [-0.3, -0.25) is 9.59 Å². The Balaban J connectivity index is 1.60. The van der Waals surface area contributed by atoms with E-state index in [2.05, 4.69) is 10.3 Å². The Morgan fingerprint density at radius 1 is 0.944 bits per heavy atom. The lowest BCUT2D eigenvalue weighted by molar-refractivity contribution is 0.100. The Hall–Kier alpha value is -4.23. The molecule has 0 fully saturated rings. The van der Waals surface area contributed by atoms with E-state index in [4.69, 9.17) is 10.2 Å². The first-order valence-electron chi connectivity index (χ1n) is 11.5. The molecule has 0 aliphatic rings. The number of aryl methyl sites for hydroxylation is 4. The molecule has 0 radical (unpaired) electrons. The molecule has 6 nitrogen and oxygen atoms in total. The topological polar surface area (TPSA) is 98.2 Å². The van der Waals surface area contributed by atoms with Crippen LogP contribution < -0.4 is 11.1 Å². The summed E-state index contributed by atoms with van der Waals surface area (Å²) in [6.07, 6.45) is 0. The van der Waals surface area contributed by atoms with E-state index < -0.39 is 5.91 Å². The molecular weight excluding hydrogens is 470 g/mol. The van der Waals surface area contributed by atoms with Crippen molar-refractivity contribution < 1.29 is 14.0 Å². The van der Waals surface area contributed by atoms with E-state index in [0.717, 1.165) is 32.9 Å². The molecule has 0 atom stereocenters. The van der Waals surface area contributed by atoms with E-state index in [-0.39, 0.29) is 5.91 Å². The molecule has 0 unspecified atom stereocenters. The van der Waals surface area contributed by atoms with Crippen molar-refractivity contribution in [3.05, 3.63) is 93.6 Å². The van der Waals surface area contributed by atoms with Gasteiger partial charge in [0.1, 0.15) is 16.5 Å². The third kappa shape index (κ3) is 4.18. The lowest BCUT2D eigenvalue weighted by Crippen LogP contribution is -2.18. The zero-order chi connectivity index (χ0) is 25.6. The van der Waals surface area contributed by atoms with Crippen LogP contribution in [0, 0.1) is 27.7 Å². The van der Waals surface area contributed by atoms with Crippen LogP contribution in [0.3, 0.4) is 0 Å². The van der Waals surface area contributed by atoms with Crippen molar-refractivity contribution in [2.75, 3.05) is 5.32 Å². The summed E-state index contributed by atoms with van der Waals surface area (Å²) in [7, 11) is 0. The first kappa shape index (κ1) is 23.5. The Labute approximate surface area is 212 Å². The van der Waals surface area contributed by atoms with Crippen LogP contribution in [-0.2, 0) is 0 Å². The van der Waals surface area contributed by atoms with Crippen LogP contribution in [0.5, 0.6) is 0 Å². The number of primary amides is 1. The third-order valence-electron chi connectivity index (χ3n) is 6.31. The van der Waals surface area contributed by atoms with Gasteiger partial charge in [-0.2, -0.15) is 0 Å². The van der Waals surface area contributed by atoms with E-state index in [1.807, 2.05) is 82.3 Å². The van der Waals surface area contributed by atoms with Gasteiger partial charge in [0.05, 0.1) is 16.6 Å². The summed E-state index contributed by atoms with van der Waals surface area (Å²) in [5.41, 5.74) is 11.7. The molecule has 0 bridgehead atoms. The van der Waals surface area contributed by atoms with Gasteiger partial charge < -0.3 is 15.5 Å². The summed E-state index contributed by atoms with van der Waals surface area (Å²) in [6.45, 7) is 7.85. The Kier molecular flexibility index (Phi) is 5.94. The van der Waals surface area contributed by atoms with Crippen molar-refractivity contribution in [2.45, 2.75) is 27.7 Å². The molecular formula is C29H25N3O3S. The summed E-state index contributed by atoms with van der Waals surface area (Å²) >= 11 is 1.34. The predicted molar refractivity (Wildman–Crippen MR) is 145 cm³/mol. The number of amides is 2. The monoisotopic (exact) mass is 495 g/mol. The number of rotatable bonds is 5. The fourth-order valence-electron chi connectivity index (χ4n) is 4.34.